The summed E-state index contributed by atoms with van der Waals surface area (Å²) in [7, 11) is 0. The van der Waals surface area contributed by atoms with Gasteiger partial charge in [0.25, 0.3) is 0 Å². The molecule has 3 rings (SSSR count). The van der Waals surface area contributed by atoms with Crippen molar-refractivity contribution in [3.05, 3.63) is 48.5 Å². The van der Waals surface area contributed by atoms with Crippen LogP contribution >= 0.6 is 0 Å². The van der Waals surface area contributed by atoms with Crippen molar-refractivity contribution in [3.63, 3.8) is 0 Å². The molecule has 7 heteroatoms. The Morgan fingerprint density at radius 1 is 1.19 bits per heavy atom. The molecule has 6 nitrogen and oxygen atoms in total. The SMILES string of the molecule is O=C(Nc1ccccc1F)N1CC(Nc2ncccn2)C1. The lowest BCUT2D eigenvalue weighted by Crippen LogP contribution is -2.58. The maximum absolute atomic E-state index is 13.4. The monoisotopic (exact) mass is 287 g/mol. The number of anilines is 2. The molecule has 0 saturated carbocycles. The number of rotatable bonds is 3. The van der Waals surface area contributed by atoms with E-state index in [1.807, 2.05) is 0 Å². The van der Waals surface area contributed by atoms with Crippen molar-refractivity contribution in [1.82, 2.24) is 14.9 Å². The van der Waals surface area contributed by atoms with Crippen molar-refractivity contribution < 1.29 is 9.18 Å². The summed E-state index contributed by atoms with van der Waals surface area (Å²) >= 11 is 0. The number of likely N-dealkylation sites (tertiary alicyclic amines) is 1. The second-order valence-electron chi connectivity index (χ2n) is 4.73. The second-order valence-corrected chi connectivity index (χ2v) is 4.73. The highest BCUT2D eigenvalue weighted by Crippen LogP contribution is 2.17. The third-order valence-corrected chi connectivity index (χ3v) is 3.18. The average Bonchev–Trinajstić information content (AvgIpc) is 2.46. The number of hydrogen-bond acceptors (Lipinski definition) is 4. The molecular formula is C14H14FN5O. The van der Waals surface area contributed by atoms with Crippen molar-refractivity contribution in [2.24, 2.45) is 0 Å². The molecule has 0 radical (unpaired) electrons. The summed E-state index contributed by atoms with van der Waals surface area (Å²) in [6.45, 7) is 1.05. The number of nitrogens with one attached hydrogen (secondary N) is 2. The summed E-state index contributed by atoms with van der Waals surface area (Å²) in [6.07, 6.45) is 3.30. The van der Waals surface area contributed by atoms with Gasteiger partial charge in [-0.2, -0.15) is 0 Å². The van der Waals surface area contributed by atoms with E-state index in [0.717, 1.165) is 0 Å². The Hall–Kier alpha value is -2.70. The molecule has 0 aliphatic carbocycles. The first kappa shape index (κ1) is 13.3. The second kappa shape index (κ2) is 5.74. The van der Waals surface area contributed by atoms with Crippen LogP contribution < -0.4 is 10.6 Å². The average molecular weight is 287 g/mol. The third kappa shape index (κ3) is 3.07. The molecular weight excluding hydrogens is 273 g/mol. The minimum atomic E-state index is -0.446. The number of urea groups is 1. The molecule has 1 aliphatic rings. The quantitative estimate of drug-likeness (QED) is 0.905. The molecule has 1 fully saturated rings. The molecule has 1 aliphatic heterocycles. The Balaban J connectivity index is 1.50. The van der Waals surface area contributed by atoms with E-state index in [2.05, 4.69) is 20.6 Å². The van der Waals surface area contributed by atoms with E-state index in [0.29, 0.717) is 19.0 Å². The first-order valence-corrected chi connectivity index (χ1v) is 6.56. The molecule has 1 aromatic heterocycles. The van der Waals surface area contributed by atoms with Crippen LogP contribution in [0, 0.1) is 5.82 Å². The molecule has 0 spiro atoms. The van der Waals surface area contributed by atoms with Crippen molar-refractivity contribution in [2.75, 3.05) is 23.7 Å². The summed E-state index contributed by atoms with van der Waals surface area (Å²) in [5, 5.41) is 5.67. The van der Waals surface area contributed by atoms with Crippen molar-refractivity contribution in [3.8, 4) is 0 Å². The van der Waals surface area contributed by atoms with E-state index in [-0.39, 0.29) is 17.8 Å². The van der Waals surface area contributed by atoms with Gasteiger partial charge in [-0.1, -0.05) is 12.1 Å². The number of amides is 2. The molecule has 108 valence electrons. The summed E-state index contributed by atoms with van der Waals surface area (Å²) in [5.74, 6) is 0.0930. The van der Waals surface area contributed by atoms with Gasteiger partial charge in [-0.15, -0.1) is 0 Å². The number of carbonyl (C=O) groups excluding carboxylic acids is 1. The summed E-state index contributed by atoms with van der Waals surface area (Å²) in [4.78, 5) is 21.6. The van der Waals surface area contributed by atoms with Gasteiger partial charge >= 0.3 is 6.03 Å². The standard InChI is InChI=1S/C14H14FN5O/c15-11-4-1-2-5-12(11)19-14(21)20-8-10(9-20)18-13-16-6-3-7-17-13/h1-7,10H,8-9H2,(H,19,21)(H,16,17,18). The molecule has 2 N–H and O–H groups in total. The maximum Gasteiger partial charge on any atom is 0.322 e. The fourth-order valence-electron chi connectivity index (χ4n) is 2.05. The molecule has 0 unspecified atom stereocenters. The van der Waals surface area contributed by atoms with Crippen LogP contribution in [0.4, 0.5) is 20.8 Å². The van der Waals surface area contributed by atoms with Gasteiger partial charge in [0.2, 0.25) is 5.95 Å². The Bertz CT molecular complexity index is 630. The fourth-order valence-corrected chi connectivity index (χ4v) is 2.05. The molecule has 1 aromatic carbocycles. The van der Waals surface area contributed by atoms with Crippen molar-refractivity contribution in [1.29, 1.82) is 0 Å². The highest BCUT2D eigenvalue weighted by atomic mass is 19.1. The van der Waals surface area contributed by atoms with Crippen LogP contribution in [0.25, 0.3) is 0 Å². The van der Waals surface area contributed by atoms with Crippen LogP contribution in [0.1, 0.15) is 0 Å². The van der Waals surface area contributed by atoms with Gasteiger partial charge in [-0.25, -0.2) is 19.2 Å². The lowest BCUT2D eigenvalue weighted by Gasteiger charge is -2.39. The van der Waals surface area contributed by atoms with Crippen LogP contribution in [0.5, 0.6) is 0 Å². The van der Waals surface area contributed by atoms with Gasteiger partial charge < -0.3 is 15.5 Å². The molecule has 1 saturated heterocycles. The zero-order chi connectivity index (χ0) is 14.7. The van der Waals surface area contributed by atoms with Crippen molar-refractivity contribution in [2.45, 2.75) is 6.04 Å². The van der Waals surface area contributed by atoms with Gasteiger partial charge in [-0.05, 0) is 18.2 Å². The number of hydrogen-bond donors (Lipinski definition) is 2. The van der Waals surface area contributed by atoms with Gasteiger partial charge in [0, 0.05) is 25.5 Å². The Kier molecular flexibility index (Phi) is 3.63. The minimum absolute atomic E-state index is 0.110. The number of nitrogens with zero attached hydrogens (tertiary/aromatic N) is 3. The summed E-state index contributed by atoms with van der Waals surface area (Å²) in [5.41, 5.74) is 0.185. The summed E-state index contributed by atoms with van der Waals surface area (Å²) in [6, 6.07) is 7.62. The fraction of sp³-hybridized carbons (Fsp3) is 0.214. The van der Waals surface area contributed by atoms with E-state index in [9.17, 15) is 9.18 Å². The van der Waals surface area contributed by atoms with E-state index in [1.54, 1.807) is 35.5 Å². The topological polar surface area (TPSA) is 70.2 Å². The van der Waals surface area contributed by atoms with Crippen molar-refractivity contribution >= 4 is 17.7 Å². The third-order valence-electron chi connectivity index (χ3n) is 3.18. The number of aromatic nitrogens is 2. The van der Waals surface area contributed by atoms with Crippen LogP contribution in [0.3, 0.4) is 0 Å². The lowest BCUT2D eigenvalue weighted by atomic mass is 10.1. The maximum atomic E-state index is 13.4. The molecule has 2 aromatic rings. The highest BCUT2D eigenvalue weighted by Gasteiger charge is 2.31. The predicted molar refractivity (Wildman–Crippen MR) is 76.4 cm³/mol. The van der Waals surface area contributed by atoms with Crippen LogP contribution in [-0.2, 0) is 0 Å². The number of halogens is 1. The zero-order valence-corrected chi connectivity index (χ0v) is 11.2. The first-order valence-electron chi connectivity index (χ1n) is 6.56. The predicted octanol–water partition coefficient (Wildman–Crippen LogP) is 1.94. The number of para-hydroxylation sites is 1. The normalized spacial score (nSPS) is 14.4. The van der Waals surface area contributed by atoms with Crippen LogP contribution in [-0.4, -0.2) is 40.0 Å². The molecule has 0 bridgehead atoms. The molecule has 2 heterocycles. The zero-order valence-electron chi connectivity index (χ0n) is 11.2. The molecule has 2 amide bonds. The molecule has 21 heavy (non-hydrogen) atoms. The molecule has 0 atom stereocenters. The summed E-state index contributed by atoms with van der Waals surface area (Å²) < 4.78 is 13.4. The highest BCUT2D eigenvalue weighted by molar-refractivity contribution is 5.90. The van der Waals surface area contributed by atoms with Crippen LogP contribution in [0.2, 0.25) is 0 Å². The van der Waals surface area contributed by atoms with Gasteiger partial charge in [0.05, 0.1) is 11.7 Å². The van der Waals surface area contributed by atoms with Gasteiger partial charge in [0.1, 0.15) is 5.82 Å². The number of benzene rings is 1. The van der Waals surface area contributed by atoms with E-state index < -0.39 is 5.82 Å². The van der Waals surface area contributed by atoms with Gasteiger partial charge in [-0.3, -0.25) is 0 Å². The minimum Gasteiger partial charge on any atom is -0.348 e. The lowest BCUT2D eigenvalue weighted by molar-refractivity contribution is 0.171. The first-order chi connectivity index (χ1) is 10.2. The largest absolute Gasteiger partial charge is 0.348 e. The van der Waals surface area contributed by atoms with E-state index >= 15 is 0 Å². The smallest absolute Gasteiger partial charge is 0.322 e. The number of carbonyl (C=O) groups is 1. The van der Waals surface area contributed by atoms with Gasteiger partial charge in [0.15, 0.2) is 0 Å². The Morgan fingerprint density at radius 2 is 1.90 bits per heavy atom. The Labute approximate surface area is 121 Å². The Morgan fingerprint density at radius 3 is 2.62 bits per heavy atom. The van der Waals surface area contributed by atoms with E-state index in [1.165, 1.54) is 12.1 Å². The van der Waals surface area contributed by atoms with E-state index in [4.69, 9.17) is 0 Å². The van der Waals surface area contributed by atoms with Crippen LogP contribution in [0.15, 0.2) is 42.7 Å².